The SMILES string of the molecule is O=C(O)N1CCC(c2nc3c(cnc4cc(Br)ccc43)[nH]2)C1. The number of amides is 1. The number of carboxylic acid groups (broad SMARTS) is 1. The quantitative estimate of drug-likeness (QED) is 0.697. The van der Waals surface area contributed by atoms with Crippen molar-refractivity contribution >= 4 is 44.0 Å². The lowest BCUT2D eigenvalue weighted by molar-refractivity contribution is 0.155. The number of imidazole rings is 1. The van der Waals surface area contributed by atoms with Crippen LogP contribution in [0.4, 0.5) is 4.79 Å². The molecule has 4 rings (SSSR count). The minimum Gasteiger partial charge on any atom is -0.465 e. The molecule has 0 saturated carbocycles. The van der Waals surface area contributed by atoms with Gasteiger partial charge in [0, 0.05) is 28.9 Å². The molecule has 1 unspecified atom stereocenters. The molecule has 0 spiro atoms. The molecule has 1 aliphatic rings. The van der Waals surface area contributed by atoms with Crippen molar-refractivity contribution < 1.29 is 9.90 Å². The van der Waals surface area contributed by atoms with Crippen LogP contribution in [0.1, 0.15) is 18.2 Å². The van der Waals surface area contributed by atoms with Gasteiger partial charge in [0.15, 0.2) is 0 Å². The van der Waals surface area contributed by atoms with Crippen molar-refractivity contribution in [2.45, 2.75) is 12.3 Å². The Hall–Kier alpha value is -2.15. The highest BCUT2D eigenvalue weighted by Crippen LogP contribution is 2.30. The number of hydrogen-bond acceptors (Lipinski definition) is 3. The average Bonchev–Trinajstić information content (AvgIpc) is 3.13. The van der Waals surface area contributed by atoms with Gasteiger partial charge in [-0.3, -0.25) is 4.98 Å². The average molecular weight is 361 g/mol. The van der Waals surface area contributed by atoms with E-state index in [9.17, 15) is 4.79 Å². The fourth-order valence-corrected chi connectivity index (χ4v) is 3.35. The first-order valence-corrected chi connectivity index (χ1v) is 7.83. The Morgan fingerprint density at radius 1 is 1.45 bits per heavy atom. The largest absolute Gasteiger partial charge is 0.465 e. The van der Waals surface area contributed by atoms with E-state index in [2.05, 4.69) is 25.9 Å². The van der Waals surface area contributed by atoms with Gasteiger partial charge in [-0.15, -0.1) is 0 Å². The first kappa shape index (κ1) is 13.5. The number of rotatable bonds is 1. The van der Waals surface area contributed by atoms with Crippen molar-refractivity contribution in [2.75, 3.05) is 13.1 Å². The predicted molar refractivity (Wildman–Crippen MR) is 86.1 cm³/mol. The van der Waals surface area contributed by atoms with Gasteiger partial charge in [-0.25, -0.2) is 9.78 Å². The van der Waals surface area contributed by atoms with Crippen molar-refractivity contribution in [3.63, 3.8) is 0 Å². The van der Waals surface area contributed by atoms with Crippen LogP contribution >= 0.6 is 15.9 Å². The summed E-state index contributed by atoms with van der Waals surface area (Å²) in [5, 5.41) is 10.1. The maximum Gasteiger partial charge on any atom is 0.407 e. The van der Waals surface area contributed by atoms with Gasteiger partial charge in [-0.05, 0) is 24.6 Å². The summed E-state index contributed by atoms with van der Waals surface area (Å²) in [6.45, 7) is 1.05. The molecule has 0 aliphatic carbocycles. The van der Waals surface area contributed by atoms with E-state index in [1.165, 1.54) is 4.90 Å². The van der Waals surface area contributed by atoms with Crippen LogP contribution in [-0.2, 0) is 0 Å². The maximum absolute atomic E-state index is 11.0. The number of H-pyrrole nitrogens is 1. The number of benzene rings is 1. The van der Waals surface area contributed by atoms with Gasteiger partial charge in [0.25, 0.3) is 0 Å². The summed E-state index contributed by atoms with van der Waals surface area (Å²) >= 11 is 3.45. The van der Waals surface area contributed by atoms with Crippen LogP contribution in [0.3, 0.4) is 0 Å². The molecule has 1 saturated heterocycles. The number of halogens is 1. The fraction of sp³-hybridized carbons (Fsp3) is 0.267. The Balaban J connectivity index is 1.78. The number of likely N-dealkylation sites (tertiary alicyclic amines) is 1. The number of nitrogens with one attached hydrogen (secondary N) is 1. The minimum absolute atomic E-state index is 0.119. The van der Waals surface area contributed by atoms with E-state index in [-0.39, 0.29) is 5.92 Å². The standard InChI is InChI=1S/C15H13BrN4O2/c16-9-1-2-10-11(5-9)17-6-12-13(10)19-14(18-12)8-3-4-20(7-8)15(21)22/h1-2,5-6,8H,3-4,7H2,(H,18,19)(H,21,22). The molecule has 7 heteroatoms. The summed E-state index contributed by atoms with van der Waals surface area (Å²) in [7, 11) is 0. The van der Waals surface area contributed by atoms with Crippen molar-refractivity contribution in [1.29, 1.82) is 0 Å². The van der Waals surface area contributed by atoms with E-state index in [4.69, 9.17) is 10.1 Å². The molecular formula is C15H13BrN4O2. The van der Waals surface area contributed by atoms with Gasteiger partial charge in [0.05, 0.1) is 22.7 Å². The number of aromatic amines is 1. The molecule has 1 atom stereocenters. The van der Waals surface area contributed by atoms with Crippen LogP contribution < -0.4 is 0 Å². The van der Waals surface area contributed by atoms with E-state index in [1.807, 2.05) is 18.2 Å². The third-order valence-corrected chi connectivity index (χ3v) is 4.64. The number of aromatic nitrogens is 3. The topological polar surface area (TPSA) is 82.1 Å². The zero-order chi connectivity index (χ0) is 15.3. The summed E-state index contributed by atoms with van der Waals surface area (Å²) in [5.41, 5.74) is 2.67. The van der Waals surface area contributed by atoms with E-state index >= 15 is 0 Å². The Bertz CT molecular complexity index is 892. The van der Waals surface area contributed by atoms with Crippen molar-refractivity contribution in [3.05, 3.63) is 34.7 Å². The second-order valence-electron chi connectivity index (χ2n) is 5.52. The first-order valence-electron chi connectivity index (χ1n) is 7.03. The zero-order valence-corrected chi connectivity index (χ0v) is 13.2. The second kappa shape index (κ2) is 4.95. The number of hydrogen-bond donors (Lipinski definition) is 2. The molecule has 3 heterocycles. The highest BCUT2D eigenvalue weighted by atomic mass is 79.9. The molecule has 1 aromatic carbocycles. The van der Waals surface area contributed by atoms with Gasteiger partial charge < -0.3 is 15.0 Å². The molecular weight excluding hydrogens is 348 g/mol. The van der Waals surface area contributed by atoms with Crippen LogP contribution in [0.25, 0.3) is 21.9 Å². The molecule has 2 aromatic heterocycles. The van der Waals surface area contributed by atoms with Gasteiger partial charge >= 0.3 is 6.09 Å². The van der Waals surface area contributed by atoms with E-state index in [1.54, 1.807) is 6.20 Å². The van der Waals surface area contributed by atoms with Crippen LogP contribution in [-0.4, -0.2) is 44.1 Å². The molecule has 3 aromatic rings. The minimum atomic E-state index is -0.865. The third kappa shape index (κ3) is 2.12. The maximum atomic E-state index is 11.0. The van der Waals surface area contributed by atoms with Crippen molar-refractivity contribution in [3.8, 4) is 0 Å². The lowest BCUT2D eigenvalue weighted by atomic mass is 10.1. The normalized spacial score (nSPS) is 18.4. The highest BCUT2D eigenvalue weighted by Gasteiger charge is 2.29. The molecule has 6 nitrogen and oxygen atoms in total. The summed E-state index contributed by atoms with van der Waals surface area (Å²) in [5.74, 6) is 0.963. The van der Waals surface area contributed by atoms with Crippen LogP contribution in [0.15, 0.2) is 28.9 Å². The molecule has 0 bridgehead atoms. The second-order valence-corrected chi connectivity index (χ2v) is 6.43. The molecule has 1 fully saturated rings. The van der Waals surface area contributed by atoms with Crippen LogP contribution in [0.5, 0.6) is 0 Å². The van der Waals surface area contributed by atoms with Crippen molar-refractivity contribution in [1.82, 2.24) is 19.9 Å². The predicted octanol–water partition coefficient (Wildman–Crippen LogP) is 3.34. The Kier molecular flexibility index (Phi) is 3.04. The summed E-state index contributed by atoms with van der Waals surface area (Å²) in [6, 6.07) is 5.93. The zero-order valence-electron chi connectivity index (χ0n) is 11.6. The first-order chi connectivity index (χ1) is 10.6. The smallest absolute Gasteiger partial charge is 0.407 e. The molecule has 0 radical (unpaired) electrons. The molecule has 2 N–H and O–H groups in total. The van der Waals surface area contributed by atoms with Gasteiger partial charge in [0.1, 0.15) is 5.82 Å². The van der Waals surface area contributed by atoms with Gasteiger partial charge in [-0.1, -0.05) is 15.9 Å². The lowest BCUT2D eigenvalue weighted by Crippen LogP contribution is -2.26. The van der Waals surface area contributed by atoms with E-state index < -0.39 is 6.09 Å². The Labute approximate surface area is 134 Å². The summed E-state index contributed by atoms with van der Waals surface area (Å²) in [4.78, 5) is 24.9. The molecule has 1 amide bonds. The molecule has 112 valence electrons. The van der Waals surface area contributed by atoms with Gasteiger partial charge in [0.2, 0.25) is 0 Å². The highest BCUT2D eigenvalue weighted by molar-refractivity contribution is 9.10. The number of fused-ring (bicyclic) bond motifs is 3. The van der Waals surface area contributed by atoms with Crippen LogP contribution in [0.2, 0.25) is 0 Å². The van der Waals surface area contributed by atoms with E-state index in [0.29, 0.717) is 13.1 Å². The molecule has 1 aliphatic heterocycles. The molecule has 22 heavy (non-hydrogen) atoms. The monoisotopic (exact) mass is 360 g/mol. The number of nitrogens with zero attached hydrogens (tertiary/aromatic N) is 3. The van der Waals surface area contributed by atoms with Crippen LogP contribution in [0, 0.1) is 0 Å². The lowest BCUT2D eigenvalue weighted by Gasteiger charge is -2.10. The summed E-state index contributed by atoms with van der Waals surface area (Å²) < 4.78 is 0.982. The third-order valence-electron chi connectivity index (χ3n) is 4.14. The Morgan fingerprint density at radius 3 is 3.09 bits per heavy atom. The Morgan fingerprint density at radius 2 is 2.32 bits per heavy atom. The fourth-order valence-electron chi connectivity index (χ4n) is 3.00. The van der Waals surface area contributed by atoms with Crippen molar-refractivity contribution in [2.24, 2.45) is 0 Å². The van der Waals surface area contributed by atoms with E-state index in [0.717, 1.165) is 38.7 Å². The van der Waals surface area contributed by atoms with Gasteiger partial charge in [-0.2, -0.15) is 0 Å². The number of carbonyl (C=O) groups is 1. The number of pyridine rings is 1. The summed E-state index contributed by atoms with van der Waals surface area (Å²) in [6.07, 6.45) is 1.71.